The summed E-state index contributed by atoms with van der Waals surface area (Å²) in [5.74, 6) is 1.91. The molecule has 1 heterocycles. The predicted octanol–water partition coefficient (Wildman–Crippen LogP) is 4.81. The molecule has 0 unspecified atom stereocenters. The molecule has 0 atom stereocenters. The number of amides is 3. The largest absolute Gasteiger partial charge is 0.497 e. The molecule has 0 aliphatic carbocycles. The van der Waals surface area contributed by atoms with Crippen LogP contribution in [0.1, 0.15) is 39.7 Å². The second-order valence-electron chi connectivity index (χ2n) is 9.15. The van der Waals surface area contributed by atoms with Crippen molar-refractivity contribution < 1.29 is 19.1 Å². The van der Waals surface area contributed by atoms with Crippen LogP contribution in [0.2, 0.25) is 0 Å². The number of urea groups is 1. The van der Waals surface area contributed by atoms with Crippen LogP contribution in [0.4, 0.5) is 16.2 Å². The summed E-state index contributed by atoms with van der Waals surface area (Å²) in [6.07, 6.45) is 0.876. The Labute approximate surface area is 190 Å². The maximum atomic E-state index is 13.2. The first-order valence-electron chi connectivity index (χ1n) is 11.0. The van der Waals surface area contributed by atoms with E-state index < -0.39 is 5.41 Å². The van der Waals surface area contributed by atoms with Crippen LogP contribution < -0.4 is 25.0 Å². The van der Waals surface area contributed by atoms with Gasteiger partial charge in [0.1, 0.15) is 18.1 Å². The van der Waals surface area contributed by atoms with E-state index in [1.54, 1.807) is 18.1 Å². The molecular formula is C25H33N3O4. The van der Waals surface area contributed by atoms with Gasteiger partial charge >= 0.3 is 6.03 Å². The van der Waals surface area contributed by atoms with Gasteiger partial charge in [0, 0.05) is 18.8 Å². The van der Waals surface area contributed by atoms with Crippen LogP contribution in [0, 0.1) is 11.3 Å². The molecule has 1 aliphatic rings. The van der Waals surface area contributed by atoms with Crippen molar-refractivity contribution in [3.05, 3.63) is 48.0 Å². The Morgan fingerprint density at radius 1 is 1.19 bits per heavy atom. The molecule has 32 heavy (non-hydrogen) atoms. The van der Waals surface area contributed by atoms with Gasteiger partial charge in [0.2, 0.25) is 5.91 Å². The summed E-state index contributed by atoms with van der Waals surface area (Å²) in [5, 5.41) is 5.71. The van der Waals surface area contributed by atoms with Crippen LogP contribution in [0.3, 0.4) is 0 Å². The normalized spacial score (nSPS) is 14.9. The highest BCUT2D eigenvalue weighted by molar-refractivity contribution is 6.00. The standard InChI is InChI=1S/C25H33N3O4/c1-17(2)12-13-28-21-14-19(8-11-22(21)32-16-25(3,4)23(28)29)27-24(30)26-15-18-6-9-20(31-5)10-7-18/h6-11,14,17H,12-13,15-16H2,1-5H3,(H2,26,27,30). The van der Waals surface area contributed by atoms with Crippen LogP contribution in [0.15, 0.2) is 42.5 Å². The zero-order valence-corrected chi connectivity index (χ0v) is 19.5. The molecule has 172 valence electrons. The van der Waals surface area contributed by atoms with Crippen molar-refractivity contribution in [2.75, 3.05) is 30.5 Å². The summed E-state index contributed by atoms with van der Waals surface area (Å²) in [6, 6.07) is 12.6. The number of ether oxygens (including phenoxy) is 2. The third-order valence-corrected chi connectivity index (χ3v) is 5.46. The molecule has 7 heteroatoms. The number of carbonyl (C=O) groups excluding carboxylic acids is 2. The van der Waals surface area contributed by atoms with E-state index in [1.165, 1.54) is 0 Å². The van der Waals surface area contributed by atoms with E-state index in [0.29, 0.717) is 42.7 Å². The SMILES string of the molecule is COc1ccc(CNC(=O)Nc2ccc3c(c2)N(CCC(C)C)C(=O)C(C)(C)CO3)cc1. The maximum Gasteiger partial charge on any atom is 0.319 e. The van der Waals surface area contributed by atoms with Gasteiger partial charge in [0.25, 0.3) is 0 Å². The number of methoxy groups -OCH3 is 1. The van der Waals surface area contributed by atoms with Crippen LogP contribution in [0.5, 0.6) is 11.5 Å². The highest BCUT2D eigenvalue weighted by Crippen LogP contribution is 2.38. The molecule has 0 fully saturated rings. The average Bonchev–Trinajstić information content (AvgIpc) is 2.85. The Morgan fingerprint density at radius 2 is 1.91 bits per heavy atom. The van der Waals surface area contributed by atoms with E-state index in [0.717, 1.165) is 17.7 Å². The molecule has 0 aromatic heterocycles. The first-order chi connectivity index (χ1) is 15.2. The first kappa shape index (κ1) is 23.4. The summed E-state index contributed by atoms with van der Waals surface area (Å²) >= 11 is 0. The Balaban J connectivity index is 1.73. The number of benzene rings is 2. The zero-order valence-electron chi connectivity index (χ0n) is 19.5. The van der Waals surface area contributed by atoms with Crippen LogP contribution >= 0.6 is 0 Å². The molecule has 3 amide bonds. The number of fused-ring (bicyclic) bond motifs is 1. The van der Waals surface area contributed by atoms with Crippen molar-refractivity contribution >= 4 is 23.3 Å². The van der Waals surface area contributed by atoms with Crippen LogP contribution in [-0.2, 0) is 11.3 Å². The third kappa shape index (κ3) is 5.72. The van der Waals surface area contributed by atoms with Crippen LogP contribution in [0.25, 0.3) is 0 Å². The summed E-state index contributed by atoms with van der Waals surface area (Å²) in [7, 11) is 1.62. The molecule has 3 rings (SSSR count). The topological polar surface area (TPSA) is 79.9 Å². The molecular weight excluding hydrogens is 406 g/mol. The van der Waals surface area contributed by atoms with Crippen molar-refractivity contribution in [1.82, 2.24) is 5.32 Å². The monoisotopic (exact) mass is 439 g/mol. The van der Waals surface area contributed by atoms with E-state index >= 15 is 0 Å². The maximum absolute atomic E-state index is 13.2. The molecule has 0 radical (unpaired) electrons. The van der Waals surface area contributed by atoms with Crippen molar-refractivity contribution in [2.24, 2.45) is 11.3 Å². The van der Waals surface area contributed by atoms with Crippen LogP contribution in [-0.4, -0.2) is 32.2 Å². The van der Waals surface area contributed by atoms with E-state index in [1.807, 2.05) is 50.2 Å². The van der Waals surface area contributed by atoms with Gasteiger partial charge in [0.05, 0.1) is 18.2 Å². The van der Waals surface area contributed by atoms with E-state index in [9.17, 15) is 9.59 Å². The molecule has 2 N–H and O–H groups in total. The molecule has 0 bridgehead atoms. The summed E-state index contributed by atoms with van der Waals surface area (Å²) in [4.78, 5) is 27.5. The fourth-order valence-corrected chi connectivity index (χ4v) is 3.43. The lowest BCUT2D eigenvalue weighted by Crippen LogP contribution is -2.42. The van der Waals surface area contributed by atoms with Gasteiger partial charge in [-0.1, -0.05) is 26.0 Å². The molecule has 2 aromatic rings. The second-order valence-corrected chi connectivity index (χ2v) is 9.15. The minimum atomic E-state index is -0.626. The molecule has 2 aromatic carbocycles. The minimum absolute atomic E-state index is 0.0259. The molecule has 0 saturated carbocycles. The number of anilines is 2. The number of carbonyl (C=O) groups is 2. The molecule has 0 spiro atoms. The quantitative estimate of drug-likeness (QED) is 0.649. The van der Waals surface area contributed by atoms with Gasteiger partial charge in [-0.15, -0.1) is 0 Å². The van der Waals surface area contributed by atoms with Gasteiger partial charge in [-0.3, -0.25) is 4.79 Å². The van der Waals surface area contributed by atoms with Crippen molar-refractivity contribution in [3.8, 4) is 11.5 Å². The van der Waals surface area contributed by atoms with Gasteiger partial charge in [-0.2, -0.15) is 0 Å². The first-order valence-corrected chi connectivity index (χ1v) is 11.0. The molecule has 0 saturated heterocycles. The fourth-order valence-electron chi connectivity index (χ4n) is 3.43. The van der Waals surface area contributed by atoms with E-state index in [-0.39, 0.29) is 11.9 Å². The number of hydrogen-bond donors (Lipinski definition) is 2. The predicted molar refractivity (Wildman–Crippen MR) is 126 cm³/mol. The summed E-state index contributed by atoms with van der Waals surface area (Å²) in [6.45, 7) is 9.36. The lowest BCUT2D eigenvalue weighted by molar-refractivity contribution is -0.127. The molecule has 7 nitrogen and oxygen atoms in total. The minimum Gasteiger partial charge on any atom is -0.497 e. The van der Waals surface area contributed by atoms with Gasteiger partial charge in [-0.05, 0) is 62.1 Å². The highest BCUT2D eigenvalue weighted by atomic mass is 16.5. The number of hydrogen-bond acceptors (Lipinski definition) is 4. The number of rotatable bonds is 7. The average molecular weight is 440 g/mol. The number of nitrogens with one attached hydrogen (secondary N) is 2. The Morgan fingerprint density at radius 3 is 2.56 bits per heavy atom. The van der Waals surface area contributed by atoms with Gasteiger partial charge in [-0.25, -0.2) is 4.79 Å². The third-order valence-electron chi connectivity index (χ3n) is 5.46. The van der Waals surface area contributed by atoms with Crippen molar-refractivity contribution in [1.29, 1.82) is 0 Å². The van der Waals surface area contributed by atoms with Gasteiger partial charge < -0.3 is 25.0 Å². The lowest BCUT2D eigenvalue weighted by Gasteiger charge is -2.28. The van der Waals surface area contributed by atoms with Crippen molar-refractivity contribution in [3.63, 3.8) is 0 Å². The summed E-state index contributed by atoms with van der Waals surface area (Å²) < 4.78 is 11.1. The Kier molecular flexibility index (Phi) is 7.28. The fraction of sp³-hybridized carbons (Fsp3) is 0.440. The van der Waals surface area contributed by atoms with Gasteiger partial charge in [0.15, 0.2) is 0 Å². The summed E-state index contributed by atoms with van der Waals surface area (Å²) in [5.41, 5.74) is 1.62. The smallest absolute Gasteiger partial charge is 0.319 e. The molecule has 1 aliphatic heterocycles. The second kappa shape index (κ2) is 9.94. The Bertz CT molecular complexity index is 954. The van der Waals surface area contributed by atoms with E-state index in [4.69, 9.17) is 9.47 Å². The van der Waals surface area contributed by atoms with E-state index in [2.05, 4.69) is 24.5 Å². The lowest BCUT2D eigenvalue weighted by atomic mass is 9.92. The Hall–Kier alpha value is -3.22. The highest BCUT2D eigenvalue weighted by Gasteiger charge is 2.37. The number of nitrogens with zero attached hydrogens (tertiary/aromatic N) is 1. The zero-order chi connectivity index (χ0) is 23.3. The van der Waals surface area contributed by atoms with Crippen molar-refractivity contribution in [2.45, 2.75) is 40.7 Å².